The van der Waals surface area contributed by atoms with E-state index in [1.54, 1.807) is 0 Å². The second kappa shape index (κ2) is 4.29. The topological polar surface area (TPSA) is 65.3 Å². The number of hydrogen-bond acceptors (Lipinski definition) is 6. The molecule has 2 aliphatic rings. The summed E-state index contributed by atoms with van der Waals surface area (Å²) < 4.78 is 5.62. The minimum Gasteiger partial charge on any atom is -0.394 e. The number of amidine groups is 1. The van der Waals surface area contributed by atoms with Crippen molar-refractivity contribution in [3.8, 4) is 0 Å². The van der Waals surface area contributed by atoms with Crippen LogP contribution in [-0.2, 0) is 4.74 Å². The quantitative estimate of drug-likeness (QED) is 0.637. The fraction of sp³-hybridized carbons (Fsp3) is 0.889. The zero-order valence-electron chi connectivity index (χ0n) is 8.83. The molecule has 0 aromatic heterocycles. The van der Waals surface area contributed by atoms with Crippen LogP contribution in [0.2, 0.25) is 0 Å². The van der Waals surface area contributed by atoms with E-state index in [1.807, 2.05) is 19.0 Å². The minimum atomic E-state index is -0.508. The van der Waals surface area contributed by atoms with Gasteiger partial charge in [-0.15, -0.1) is 0 Å². The highest BCUT2D eigenvalue weighted by atomic mass is 32.2. The highest BCUT2D eigenvalue weighted by Gasteiger charge is 2.43. The normalized spacial score (nSPS) is 39.9. The molecule has 0 unspecified atom stereocenters. The van der Waals surface area contributed by atoms with Gasteiger partial charge in [-0.3, -0.25) is 4.99 Å². The van der Waals surface area contributed by atoms with E-state index in [-0.39, 0.29) is 24.2 Å². The van der Waals surface area contributed by atoms with Crippen LogP contribution in [0.4, 0.5) is 0 Å². The largest absolute Gasteiger partial charge is 0.394 e. The monoisotopic (exact) mass is 232 g/mol. The van der Waals surface area contributed by atoms with Gasteiger partial charge >= 0.3 is 0 Å². The van der Waals surface area contributed by atoms with E-state index in [1.165, 1.54) is 11.8 Å². The molecule has 0 radical (unpaired) electrons. The summed E-state index contributed by atoms with van der Waals surface area (Å²) >= 11 is 1.51. The maximum atomic E-state index is 9.85. The van der Waals surface area contributed by atoms with E-state index in [0.29, 0.717) is 6.42 Å². The number of fused-ring (bicyclic) bond motifs is 1. The van der Waals surface area contributed by atoms with E-state index in [4.69, 9.17) is 9.84 Å². The van der Waals surface area contributed by atoms with Gasteiger partial charge in [-0.05, 0) is 0 Å². The average Bonchev–Trinajstić information content (AvgIpc) is 2.61. The number of aliphatic hydroxyl groups is 2. The zero-order chi connectivity index (χ0) is 11.0. The molecule has 2 N–H and O–H groups in total. The van der Waals surface area contributed by atoms with Crippen LogP contribution in [0.5, 0.6) is 0 Å². The minimum absolute atomic E-state index is 0.0435. The van der Waals surface area contributed by atoms with Gasteiger partial charge in [0.1, 0.15) is 11.5 Å². The number of thioether (sulfide) groups is 1. The van der Waals surface area contributed by atoms with Crippen molar-refractivity contribution in [2.24, 2.45) is 4.99 Å². The van der Waals surface area contributed by atoms with Crippen molar-refractivity contribution in [3.63, 3.8) is 0 Å². The molecule has 0 aromatic carbocycles. The first-order valence-electron chi connectivity index (χ1n) is 4.98. The van der Waals surface area contributed by atoms with Crippen LogP contribution < -0.4 is 0 Å². The van der Waals surface area contributed by atoms with Crippen LogP contribution >= 0.6 is 11.8 Å². The van der Waals surface area contributed by atoms with E-state index in [2.05, 4.69) is 4.99 Å². The summed E-state index contributed by atoms with van der Waals surface area (Å²) in [6.07, 6.45) is -0.307. The Balaban J connectivity index is 2.07. The third-order valence-corrected chi connectivity index (χ3v) is 3.87. The van der Waals surface area contributed by atoms with Crippen LogP contribution in [0, 0.1) is 0 Å². The molecule has 1 saturated heterocycles. The molecule has 5 nitrogen and oxygen atoms in total. The number of aliphatic imine (C=N–C) groups is 1. The molecule has 1 fully saturated rings. The third kappa shape index (κ3) is 2.13. The Labute approximate surface area is 93.1 Å². The van der Waals surface area contributed by atoms with Gasteiger partial charge in [0.2, 0.25) is 0 Å². The molecule has 0 spiro atoms. The Bertz CT molecular complexity index is 272. The van der Waals surface area contributed by atoms with E-state index in [0.717, 1.165) is 5.17 Å². The molecule has 6 heteroatoms. The van der Waals surface area contributed by atoms with Crippen LogP contribution in [0.1, 0.15) is 6.42 Å². The predicted octanol–water partition coefficient (Wildman–Crippen LogP) is -0.512. The van der Waals surface area contributed by atoms with Gasteiger partial charge in [0.05, 0.1) is 18.8 Å². The molecule has 2 heterocycles. The molecule has 0 aromatic rings. The summed E-state index contributed by atoms with van der Waals surface area (Å²) in [5.74, 6) is 0. The van der Waals surface area contributed by atoms with Crippen molar-refractivity contribution in [2.45, 2.75) is 30.1 Å². The fourth-order valence-electron chi connectivity index (χ4n) is 1.76. The third-order valence-electron chi connectivity index (χ3n) is 2.57. The van der Waals surface area contributed by atoms with Crippen molar-refractivity contribution >= 4 is 16.9 Å². The van der Waals surface area contributed by atoms with Gasteiger partial charge in [-0.2, -0.15) is 0 Å². The Morgan fingerprint density at radius 2 is 2.33 bits per heavy atom. The summed E-state index contributed by atoms with van der Waals surface area (Å²) in [6.45, 7) is -0.0435. The number of hydrogen-bond donors (Lipinski definition) is 2. The van der Waals surface area contributed by atoms with Gasteiger partial charge < -0.3 is 19.8 Å². The number of nitrogens with zero attached hydrogens (tertiary/aromatic N) is 2. The summed E-state index contributed by atoms with van der Waals surface area (Å²) in [5, 5.41) is 19.7. The maximum absolute atomic E-state index is 9.85. The Kier molecular flexibility index (Phi) is 3.20. The summed E-state index contributed by atoms with van der Waals surface area (Å²) in [5.41, 5.74) is -0.150. The molecular formula is C9H16N2O3S. The van der Waals surface area contributed by atoms with Crippen LogP contribution in [-0.4, -0.2) is 64.7 Å². The van der Waals surface area contributed by atoms with Gasteiger partial charge in [0.25, 0.3) is 0 Å². The Morgan fingerprint density at radius 3 is 2.93 bits per heavy atom. The van der Waals surface area contributed by atoms with Crippen LogP contribution in [0.3, 0.4) is 0 Å². The first-order chi connectivity index (χ1) is 7.11. The number of ether oxygens (including phenoxy) is 1. The standard InChI is InChI=1S/C9H16N2O3S/c1-11(2)9-10-7-6(13)3-5(4-12)14-8(7)15-9/h5-8,12-13H,3-4H2,1-2H3/t5-,6-,7+,8+/m0/s1. The van der Waals surface area contributed by atoms with Crippen molar-refractivity contribution in [1.29, 1.82) is 0 Å². The molecule has 0 bridgehead atoms. The van der Waals surface area contributed by atoms with Gasteiger partial charge in [-0.1, -0.05) is 11.8 Å². The molecule has 15 heavy (non-hydrogen) atoms. The average molecular weight is 232 g/mol. The lowest BCUT2D eigenvalue weighted by Crippen LogP contribution is -2.45. The van der Waals surface area contributed by atoms with Crippen molar-refractivity contribution in [2.75, 3.05) is 20.7 Å². The van der Waals surface area contributed by atoms with Crippen LogP contribution in [0.25, 0.3) is 0 Å². The molecule has 2 aliphatic heterocycles. The van der Waals surface area contributed by atoms with Gasteiger partial charge in [-0.25, -0.2) is 0 Å². The Morgan fingerprint density at radius 1 is 1.60 bits per heavy atom. The van der Waals surface area contributed by atoms with Gasteiger partial charge in [0.15, 0.2) is 5.17 Å². The number of aliphatic hydroxyl groups excluding tert-OH is 2. The first kappa shape index (κ1) is 11.2. The molecule has 0 saturated carbocycles. The van der Waals surface area contributed by atoms with Gasteiger partial charge in [0, 0.05) is 20.5 Å². The van der Waals surface area contributed by atoms with E-state index in [9.17, 15) is 5.11 Å². The summed E-state index contributed by atoms with van der Waals surface area (Å²) in [6, 6.07) is -0.185. The summed E-state index contributed by atoms with van der Waals surface area (Å²) in [4.78, 5) is 6.32. The lowest BCUT2D eigenvalue weighted by Gasteiger charge is -2.33. The SMILES string of the molecule is CN(C)C1=N[C@H]2[C@H](O[C@H](CO)C[C@@H]2O)S1. The molecule has 0 aliphatic carbocycles. The molecule has 2 rings (SSSR count). The number of rotatable bonds is 1. The lowest BCUT2D eigenvalue weighted by atomic mass is 10.0. The van der Waals surface area contributed by atoms with Crippen molar-refractivity contribution in [3.05, 3.63) is 0 Å². The molecular weight excluding hydrogens is 216 g/mol. The highest BCUT2D eigenvalue weighted by Crippen LogP contribution is 2.36. The summed E-state index contributed by atoms with van der Waals surface area (Å²) in [7, 11) is 3.83. The predicted molar refractivity (Wildman–Crippen MR) is 58.9 cm³/mol. The van der Waals surface area contributed by atoms with Crippen LogP contribution in [0.15, 0.2) is 4.99 Å². The first-order valence-corrected chi connectivity index (χ1v) is 5.86. The van der Waals surface area contributed by atoms with E-state index < -0.39 is 6.10 Å². The lowest BCUT2D eigenvalue weighted by molar-refractivity contribution is -0.0875. The van der Waals surface area contributed by atoms with E-state index >= 15 is 0 Å². The second-order valence-corrected chi connectivity index (χ2v) is 5.09. The van der Waals surface area contributed by atoms with Crippen molar-refractivity contribution in [1.82, 2.24) is 4.90 Å². The maximum Gasteiger partial charge on any atom is 0.161 e. The smallest absolute Gasteiger partial charge is 0.161 e. The van der Waals surface area contributed by atoms with Crippen molar-refractivity contribution < 1.29 is 14.9 Å². The second-order valence-electron chi connectivity index (χ2n) is 4.03. The highest BCUT2D eigenvalue weighted by molar-refractivity contribution is 8.14. The zero-order valence-corrected chi connectivity index (χ0v) is 9.65. The molecule has 86 valence electrons. The fourth-order valence-corrected chi connectivity index (χ4v) is 2.96. The molecule has 0 amide bonds. The Hall–Kier alpha value is -0.300. The molecule has 4 atom stereocenters.